The fourth-order valence-corrected chi connectivity index (χ4v) is 3.31. The van der Waals surface area contributed by atoms with Crippen LogP contribution in [0.4, 0.5) is 5.69 Å². The molecule has 0 radical (unpaired) electrons. The number of hydrogen-bond donors (Lipinski definition) is 2. The molecule has 1 atom stereocenters. The van der Waals surface area contributed by atoms with E-state index in [1.165, 1.54) is 0 Å². The molecule has 2 amide bonds. The summed E-state index contributed by atoms with van der Waals surface area (Å²) in [5.74, 6) is -1.56. The zero-order valence-corrected chi connectivity index (χ0v) is 13.2. The molecule has 7 nitrogen and oxygen atoms in total. The number of rotatable bonds is 2. The highest BCUT2D eigenvalue weighted by Gasteiger charge is 2.31. The topological polar surface area (TPSA) is 109 Å². The lowest BCUT2D eigenvalue weighted by Gasteiger charge is -2.33. The van der Waals surface area contributed by atoms with E-state index in [-0.39, 0.29) is 5.91 Å². The van der Waals surface area contributed by atoms with Crippen molar-refractivity contribution in [3.8, 4) is 0 Å². The second-order valence-electron chi connectivity index (χ2n) is 5.98. The van der Waals surface area contributed by atoms with Crippen LogP contribution in [0.3, 0.4) is 0 Å². The number of para-hydroxylation sites is 1. The molecule has 0 bridgehead atoms. The maximum Gasteiger partial charge on any atom is 0.417 e. The molecule has 2 aromatic carbocycles. The Balaban J connectivity index is 1.75. The summed E-state index contributed by atoms with van der Waals surface area (Å²) < 4.78 is 4.96. The lowest BCUT2D eigenvalue weighted by molar-refractivity contribution is -0.119. The third kappa shape index (κ3) is 2.50. The first-order chi connectivity index (χ1) is 12.0. The maximum absolute atomic E-state index is 13.0. The van der Waals surface area contributed by atoms with Crippen LogP contribution in [-0.4, -0.2) is 23.3 Å². The number of carbonyl (C=O) groups is 2. The second-order valence-corrected chi connectivity index (χ2v) is 5.98. The highest BCUT2D eigenvalue weighted by atomic mass is 16.4. The predicted molar refractivity (Wildman–Crippen MR) is 91.5 cm³/mol. The van der Waals surface area contributed by atoms with Crippen molar-refractivity contribution in [2.75, 3.05) is 11.4 Å². The Bertz CT molecular complexity index is 1050. The van der Waals surface area contributed by atoms with Crippen LogP contribution in [-0.2, 0) is 4.79 Å². The largest absolute Gasteiger partial charge is 0.417 e. The molecule has 1 unspecified atom stereocenters. The SMILES string of the molecule is NC(=O)C1CCN(C(=O)c2ccc3oc(=O)[nH]c3c2)c2ccccc21. The summed E-state index contributed by atoms with van der Waals surface area (Å²) in [6, 6.07) is 12.1. The molecule has 1 aromatic heterocycles. The van der Waals surface area contributed by atoms with E-state index in [2.05, 4.69) is 4.98 Å². The number of nitrogens with zero attached hydrogens (tertiary/aromatic N) is 1. The minimum absolute atomic E-state index is 0.209. The van der Waals surface area contributed by atoms with Gasteiger partial charge < -0.3 is 15.1 Å². The maximum atomic E-state index is 13.0. The van der Waals surface area contributed by atoms with Crippen molar-refractivity contribution >= 4 is 28.6 Å². The number of anilines is 1. The van der Waals surface area contributed by atoms with Gasteiger partial charge in [-0.2, -0.15) is 0 Å². The summed E-state index contributed by atoms with van der Waals surface area (Å²) in [6.45, 7) is 0.392. The van der Waals surface area contributed by atoms with Gasteiger partial charge in [0.1, 0.15) is 0 Å². The molecule has 0 saturated carbocycles. The van der Waals surface area contributed by atoms with E-state index in [9.17, 15) is 14.4 Å². The normalized spacial score (nSPS) is 16.6. The van der Waals surface area contributed by atoms with Crippen molar-refractivity contribution in [1.82, 2.24) is 4.98 Å². The van der Waals surface area contributed by atoms with E-state index in [1.807, 2.05) is 18.2 Å². The Labute approximate surface area is 142 Å². The van der Waals surface area contributed by atoms with Crippen LogP contribution in [0.25, 0.3) is 11.1 Å². The molecule has 0 fully saturated rings. The van der Waals surface area contributed by atoms with Crippen molar-refractivity contribution in [3.63, 3.8) is 0 Å². The van der Waals surface area contributed by atoms with Gasteiger partial charge in [0.25, 0.3) is 5.91 Å². The van der Waals surface area contributed by atoms with Gasteiger partial charge in [0, 0.05) is 17.8 Å². The minimum Gasteiger partial charge on any atom is -0.408 e. The third-order valence-corrected chi connectivity index (χ3v) is 4.50. The second kappa shape index (κ2) is 5.62. The number of nitrogens with two attached hydrogens (primary N) is 1. The molecule has 0 saturated heterocycles. The zero-order valence-electron chi connectivity index (χ0n) is 13.2. The fourth-order valence-electron chi connectivity index (χ4n) is 3.31. The molecule has 4 rings (SSSR count). The van der Waals surface area contributed by atoms with Gasteiger partial charge in [0.15, 0.2) is 5.58 Å². The summed E-state index contributed by atoms with van der Waals surface area (Å²) in [4.78, 5) is 40.1. The van der Waals surface area contributed by atoms with Crippen LogP contribution in [0.15, 0.2) is 51.7 Å². The molecule has 0 aliphatic carbocycles. The van der Waals surface area contributed by atoms with Crippen LogP contribution in [0, 0.1) is 0 Å². The molecule has 1 aliphatic heterocycles. The average molecular weight is 337 g/mol. The van der Waals surface area contributed by atoms with Crippen LogP contribution >= 0.6 is 0 Å². The summed E-state index contributed by atoms with van der Waals surface area (Å²) in [6.07, 6.45) is 0.475. The van der Waals surface area contributed by atoms with E-state index < -0.39 is 17.6 Å². The Hall–Kier alpha value is -3.35. The highest BCUT2D eigenvalue weighted by Crippen LogP contribution is 2.35. The van der Waals surface area contributed by atoms with Crippen molar-refractivity contribution in [2.45, 2.75) is 12.3 Å². The number of benzene rings is 2. The summed E-state index contributed by atoms with van der Waals surface area (Å²) >= 11 is 0. The number of nitrogens with one attached hydrogen (secondary N) is 1. The van der Waals surface area contributed by atoms with Gasteiger partial charge in [-0.05, 0) is 36.2 Å². The number of H-pyrrole nitrogens is 1. The molecular weight excluding hydrogens is 322 g/mol. The van der Waals surface area contributed by atoms with Crippen molar-refractivity contribution in [2.24, 2.45) is 5.73 Å². The van der Waals surface area contributed by atoms with E-state index in [1.54, 1.807) is 29.2 Å². The number of primary amides is 1. The van der Waals surface area contributed by atoms with E-state index >= 15 is 0 Å². The molecular formula is C18H15N3O4. The lowest BCUT2D eigenvalue weighted by atomic mass is 9.89. The Morgan fingerprint density at radius 3 is 2.80 bits per heavy atom. The molecule has 25 heavy (non-hydrogen) atoms. The standard InChI is InChI=1S/C18H15N3O4/c19-16(22)12-7-8-21(14-4-2-1-3-11(12)14)17(23)10-5-6-15-13(9-10)20-18(24)25-15/h1-6,9,12H,7-8H2,(H2,19,22)(H,20,24). The molecule has 7 heteroatoms. The van der Waals surface area contributed by atoms with Crippen molar-refractivity contribution < 1.29 is 14.0 Å². The summed E-state index contributed by atoms with van der Waals surface area (Å²) in [7, 11) is 0. The van der Waals surface area contributed by atoms with Gasteiger partial charge in [-0.1, -0.05) is 18.2 Å². The average Bonchev–Trinajstić information content (AvgIpc) is 2.99. The third-order valence-electron chi connectivity index (χ3n) is 4.50. The lowest BCUT2D eigenvalue weighted by Crippen LogP contribution is -2.39. The Morgan fingerprint density at radius 2 is 2.00 bits per heavy atom. The van der Waals surface area contributed by atoms with Crippen LogP contribution < -0.4 is 16.4 Å². The Morgan fingerprint density at radius 1 is 1.20 bits per heavy atom. The molecule has 1 aliphatic rings. The van der Waals surface area contributed by atoms with Crippen molar-refractivity contribution in [3.05, 3.63) is 64.1 Å². The first kappa shape index (κ1) is 15.2. The number of aromatic nitrogens is 1. The van der Waals surface area contributed by atoms with Gasteiger partial charge in [0.05, 0.1) is 11.4 Å². The first-order valence-corrected chi connectivity index (χ1v) is 7.87. The molecule has 0 spiro atoms. The predicted octanol–water partition coefficient (Wildman–Crippen LogP) is 1.74. The van der Waals surface area contributed by atoms with E-state index in [0.717, 1.165) is 5.56 Å². The molecule has 126 valence electrons. The molecule has 3 aromatic rings. The highest BCUT2D eigenvalue weighted by molar-refractivity contribution is 6.08. The van der Waals surface area contributed by atoms with Crippen LogP contribution in [0.2, 0.25) is 0 Å². The smallest absolute Gasteiger partial charge is 0.408 e. The number of carbonyl (C=O) groups excluding carboxylic acids is 2. The zero-order chi connectivity index (χ0) is 17.6. The summed E-state index contributed by atoms with van der Waals surface area (Å²) in [5.41, 5.74) is 8.23. The van der Waals surface area contributed by atoms with Gasteiger partial charge >= 0.3 is 5.76 Å². The number of oxazole rings is 1. The van der Waals surface area contributed by atoms with Crippen LogP contribution in [0.1, 0.15) is 28.3 Å². The van der Waals surface area contributed by atoms with Gasteiger partial charge in [-0.25, -0.2) is 4.79 Å². The van der Waals surface area contributed by atoms with E-state index in [0.29, 0.717) is 35.3 Å². The fraction of sp³-hybridized carbons (Fsp3) is 0.167. The number of aromatic amines is 1. The van der Waals surface area contributed by atoms with Gasteiger partial charge in [-0.3, -0.25) is 14.6 Å². The number of hydrogen-bond acceptors (Lipinski definition) is 4. The monoisotopic (exact) mass is 337 g/mol. The van der Waals surface area contributed by atoms with Gasteiger partial charge in [-0.15, -0.1) is 0 Å². The molecule has 2 heterocycles. The number of fused-ring (bicyclic) bond motifs is 2. The Kier molecular flexibility index (Phi) is 3.42. The minimum atomic E-state index is -0.563. The first-order valence-electron chi connectivity index (χ1n) is 7.87. The number of amides is 2. The quantitative estimate of drug-likeness (QED) is 0.742. The van der Waals surface area contributed by atoms with Crippen molar-refractivity contribution in [1.29, 1.82) is 0 Å². The van der Waals surface area contributed by atoms with Crippen LogP contribution in [0.5, 0.6) is 0 Å². The van der Waals surface area contributed by atoms with Gasteiger partial charge in [0.2, 0.25) is 5.91 Å². The van der Waals surface area contributed by atoms with E-state index in [4.69, 9.17) is 10.2 Å². The summed E-state index contributed by atoms with van der Waals surface area (Å²) in [5, 5.41) is 0. The molecule has 3 N–H and O–H groups in total.